The monoisotopic (exact) mass is 238 g/mol. The van der Waals surface area contributed by atoms with Crippen molar-refractivity contribution in [3.63, 3.8) is 0 Å². The molecule has 0 aliphatic carbocycles. The maximum absolute atomic E-state index is 10.6. The fourth-order valence-electron chi connectivity index (χ4n) is 1.27. The summed E-state index contributed by atoms with van der Waals surface area (Å²) in [6, 6.07) is 2.95. The first kappa shape index (κ1) is 12.9. The highest BCUT2D eigenvalue weighted by atomic mass is 16.6. The lowest BCUT2D eigenvalue weighted by atomic mass is 10.3. The van der Waals surface area contributed by atoms with Crippen molar-refractivity contribution in [1.29, 1.82) is 0 Å². The van der Waals surface area contributed by atoms with Crippen LogP contribution in [0.5, 0.6) is 0 Å². The topological polar surface area (TPSA) is 97.2 Å². The molecule has 7 heteroatoms. The Morgan fingerprint density at radius 1 is 1.47 bits per heavy atom. The Morgan fingerprint density at radius 2 is 2.18 bits per heavy atom. The number of pyridine rings is 1. The molecule has 1 heterocycles. The summed E-state index contributed by atoms with van der Waals surface area (Å²) < 4.78 is 0. The van der Waals surface area contributed by atoms with Gasteiger partial charge in [-0.3, -0.25) is 14.9 Å². The average molecular weight is 238 g/mol. The number of nitrogens with zero attached hydrogens (tertiary/aromatic N) is 2. The molecule has 0 aliphatic heterocycles. The first-order chi connectivity index (χ1) is 8.00. The molecule has 1 aromatic heterocycles. The van der Waals surface area contributed by atoms with E-state index in [9.17, 15) is 14.9 Å². The van der Waals surface area contributed by atoms with E-state index in [-0.39, 0.29) is 11.6 Å². The van der Waals surface area contributed by atoms with Crippen molar-refractivity contribution in [2.45, 2.75) is 13.8 Å². The highest BCUT2D eigenvalue weighted by Gasteiger charge is 2.11. The maximum Gasteiger partial charge on any atom is 0.290 e. The van der Waals surface area contributed by atoms with Crippen molar-refractivity contribution in [3.05, 3.63) is 27.9 Å². The van der Waals surface area contributed by atoms with Crippen LogP contribution in [0.3, 0.4) is 0 Å². The van der Waals surface area contributed by atoms with Crippen LogP contribution in [0, 0.1) is 17.0 Å². The number of anilines is 1. The standard InChI is InChI=1S/C10H14N4O3/c1-7-9(14(16)17)3-4-10(13-7)12-6-5-11-8(2)15/h3-4H,5-6H2,1-2H3,(H,11,15)(H,12,13). The second-order valence-corrected chi connectivity index (χ2v) is 3.47. The van der Waals surface area contributed by atoms with Crippen molar-refractivity contribution in [3.8, 4) is 0 Å². The van der Waals surface area contributed by atoms with E-state index in [1.54, 1.807) is 13.0 Å². The summed E-state index contributed by atoms with van der Waals surface area (Å²) in [6.07, 6.45) is 0. The van der Waals surface area contributed by atoms with Crippen molar-refractivity contribution in [2.24, 2.45) is 0 Å². The maximum atomic E-state index is 10.6. The predicted octanol–water partition coefficient (Wildman–Crippen LogP) is 0.846. The van der Waals surface area contributed by atoms with Crippen LogP contribution in [-0.2, 0) is 4.79 Å². The van der Waals surface area contributed by atoms with E-state index >= 15 is 0 Å². The van der Waals surface area contributed by atoms with Gasteiger partial charge < -0.3 is 10.6 Å². The molecule has 0 fully saturated rings. The lowest BCUT2D eigenvalue weighted by Gasteiger charge is -2.06. The van der Waals surface area contributed by atoms with Gasteiger partial charge in [-0.25, -0.2) is 4.98 Å². The number of nitro groups is 1. The van der Waals surface area contributed by atoms with E-state index in [4.69, 9.17) is 0 Å². The lowest BCUT2D eigenvalue weighted by molar-refractivity contribution is -0.385. The summed E-state index contributed by atoms with van der Waals surface area (Å²) in [7, 11) is 0. The van der Waals surface area contributed by atoms with Gasteiger partial charge in [0.2, 0.25) is 5.91 Å². The molecule has 1 rings (SSSR count). The summed E-state index contributed by atoms with van der Waals surface area (Å²) in [6.45, 7) is 4.02. The van der Waals surface area contributed by atoms with E-state index in [2.05, 4.69) is 15.6 Å². The van der Waals surface area contributed by atoms with Crippen LogP contribution in [0.4, 0.5) is 11.5 Å². The fourth-order valence-corrected chi connectivity index (χ4v) is 1.27. The van der Waals surface area contributed by atoms with E-state index < -0.39 is 4.92 Å². The highest BCUT2D eigenvalue weighted by molar-refractivity contribution is 5.72. The number of carbonyl (C=O) groups is 1. The minimum absolute atomic E-state index is 0.00240. The second kappa shape index (κ2) is 5.78. The number of hydrogen-bond acceptors (Lipinski definition) is 5. The van der Waals surface area contributed by atoms with Crippen LogP contribution >= 0.6 is 0 Å². The van der Waals surface area contributed by atoms with Gasteiger partial charge in [-0.2, -0.15) is 0 Å². The Labute approximate surface area is 98.4 Å². The molecule has 0 saturated carbocycles. The number of hydrogen-bond donors (Lipinski definition) is 2. The van der Waals surface area contributed by atoms with Crippen LogP contribution < -0.4 is 10.6 Å². The molecule has 0 aliphatic rings. The Morgan fingerprint density at radius 3 is 2.71 bits per heavy atom. The largest absolute Gasteiger partial charge is 0.368 e. The van der Waals surface area contributed by atoms with Crippen LogP contribution in [0.25, 0.3) is 0 Å². The average Bonchev–Trinajstić information content (AvgIpc) is 2.23. The Kier molecular flexibility index (Phi) is 4.38. The van der Waals surface area contributed by atoms with Crippen molar-refractivity contribution in [1.82, 2.24) is 10.3 Å². The number of carbonyl (C=O) groups excluding carboxylic acids is 1. The normalized spacial score (nSPS) is 9.76. The van der Waals surface area contributed by atoms with Gasteiger partial charge in [-0.15, -0.1) is 0 Å². The molecule has 0 unspecified atom stereocenters. The number of aromatic nitrogens is 1. The van der Waals surface area contributed by atoms with E-state index in [1.807, 2.05) is 0 Å². The third-order valence-corrected chi connectivity index (χ3v) is 2.06. The molecule has 92 valence electrons. The summed E-state index contributed by atoms with van der Waals surface area (Å²) >= 11 is 0. The highest BCUT2D eigenvalue weighted by Crippen LogP contribution is 2.17. The smallest absolute Gasteiger partial charge is 0.290 e. The number of rotatable bonds is 5. The van der Waals surface area contributed by atoms with Crippen molar-refractivity contribution < 1.29 is 9.72 Å². The second-order valence-electron chi connectivity index (χ2n) is 3.47. The molecular formula is C10H14N4O3. The molecule has 0 aromatic carbocycles. The predicted molar refractivity (Wildman–Crippen MR) is 62.8 cm³/mol. The molecule has 7 nitrogen and oxygen atoms in total. The summed E-state index contributed by atoms with van der Waals surface area (Å²) in [5.74, 6) is 0.457. The van der Waals surface area contributed by atoms with Crippen molar-refractivity contribution in [2.75, 3.05) is 18.4 Å². The van der Waals surface area contributed by atoms with Crippen molar-refractivity contribution >= 4 is 17.4 Å². The number of nitrogens with one attached hydrogen (secondary N) is 2. The summed E-state index contributed by atoms with van der Waals surface area (Å²) in [5, 5.41) is 16.1. The first-order valence-electron chi connectivity index (χ1n) is 5.11. The van der Waals surface area contributed by atoms with Crippen LogP contribution in [0.2, 0.25) is 0 Å². The molecular weight excluding hydrogens is 224 g/mol. The molecule has 1 amide bonds. The summed E-state index contributed by atoms with van der Waals surface area (Å²) in [5.41, 5.74) is 0.358. The minimum atomic E-state index is -0.469. The van der Waals surface area contributed by atoms with Gasteiger partial charge in [0, 0.05) is 26.1 Å². The quantitative estimate of drug-likeness (QED) is 0.450. The lowest BCUT2D eigenvalue weighted by Crippen LogP contribution is -2.26. The van der Waals surface area contributed by atoms with Crippen LogP contribution in [0.15, 0.2) is 12.1 Å². The third-order valence-electron chi connectivity index (χ3n) is 2.06. The number of amides is 1. The van der Waals surface area contributed by atoms with Gasteiger partial charge in [-0.1, -0.05) is 0 Å². The number of aryl methyl sites for hydroxylation is 1. The molecule has 2 N–H and O–H groups in total. The van der Waals surface area contributed by atoms with Crippen LogP contribution in [0.1, 0.15) is 12.6 Å². The van der Waals surface area contributed by atoms with E-state index in [0.717, 1.165) is 0 Å². The first-order valence-corrected chi connectivity index (χ1v) is 5.11. The Balaban J connectivity index is 2.53. The summed E-state index contributed by atoms with van der Waals surface area (Å²) in [4.78, 5) is 24.7. The van der Waals surface area contributed by atoms with Gasteiger partial charge in [0.25, 0.3) is 5.69 Å². The molecule has 0 radical (unpaired) electrons. The zero-order valence-electron chi connectivity index (χ0n) is 9.69. The third kappa shape index (κ3) is 4.06. The van der Waals surface area contributed by atoms with Gasteiger partial charge in [0.1, 0.15) is 11.5 Å². The minimum Gasteiger partial charge on any atom is -0.368 e. The van der Waals surface area contributed by atoms with Gasteiger partial charge in [-0.05, 0) is 13.0 Å². The van der Waals surface area contributed by atoms with Gasteiger partial charge >= 0.3 is 0 Å². The SMILES string of the molecule is CC(=O)NCCNc1ccc([N+](=O)[O-])c(C)n1. The molecule has 0 spiro atoms. The fraction of sp³-hybridized carbons (Fsp3) is 0.400. The van der Waals surface area contributed by atoms with Crippen LogP contribution in [-0.4, -0.2) is 28.9 Å². The molecule has 0 bridgehead atoms. The van der Waals surface area contributed by atoms with Gasteiger partial charge in [0.15, 0.2) is 0 Å². The molecule has 17 heavy (non-hydrogen) atoms. The van der Waals surface area contributed by atoms with Gasteiger partial charge in [0.05, 0.1) is 4.92 Å². The van der Waals surface area contributed by atoms with E-state index in [0.29, 0.717) is 24.6 Å². The zero-order valence-corrected chi connectivity index (χ0v) is 9.69. The molecule has 0 atom stereocenters. The Hall–Kier alpha value is -2.18. The Bertz CT molecular complexity index is 434. The molecule has 0 saturated heterocycles. The van der Waals surface area contributed by atoms with E-state index in [1.165, 1.54) is 13.0 Å². The molecule has 1 aromatic rings. The zero-order chi connectivity index (χ0) is 12.8.